The highest BCUT2D eigenvalue weighted by molar-refractivity contribution is 7.90. The number of hydrogen-bond donors (Lipinski definition) is 1. The van der Waals surface area contributed by atoms with E-state index in [1.54, 1.807) is 30.3 Å². The van der Waals surface area contributed by atoms with Crippen LogP contribution in [0.25, 0.3) is 33.5 Å². The number of nitrogens with zero attached hydrogens (tertiary/aromatic N) is 4. The van der Waals surface area contributed by atoms with Gasteiger partial charge in [-0.25, -0.2) is 18.4 Å². The number of benzene rings is 2. The van der Waals surface area contributed by atoms with Crippen molar-refractivity contribution in [3.63, 3.8) is 0 Å². The Morgan fingerprint density at radius 1 is 1.10 bits per heavy atom. The van der Waals surface area contributed by atoms with E-state index in [2.05, 4.69) is 21.3 Å². The quantitative estimate of drug-likeness (QED) is 0.103. The second-order valence-electron chi connectivity index (χ2n) is 16.3. The van der Waals surface area contributed by atoms with Crippen molar-refractivity contribution >= 4 is 61.0 Å². The van der Waals surface area contributed by atoms with Crippen LogP contribution in [0.15, 0.2) is 71.0 Å². The average molecular weight is 864 g/mol. The topological polar surface area (TPSA) is 162 Å². The van der Waals surface area contributed by atoms with E-state index < -0.39 is 68.1 Å². The number of allylic oxidation sites excluding steroid dienone is 1. The number of hydrogen-bond acceptors (Lipinski definition) is 11. The van der Waals surface area contributed by atoms with Gasteiger partial charge in [-0.15, -0.1) is 17.9 Å². The van der Waals surface area contributed by atoms with Crippen molar-refractivity contribution in [2.45, 2.75) is 89.3 Å². The molecular formula is C43H44F3N5O7S2. The normalized spacial score (nSPS) is 22.3. The van der Waals surface area contributed by atoms with E-state index >= 15 is 0 Å². The Labute approximate surface area is 348 Å². The summed E-state index contributed by atoms with van der Waals surface area (Å²) in [7, 11) is -3.90. The standard InChI is InChI=1S/C43H44F3N5O7S2/c1-5-25-19-42(25,41(54)50-60(55,56)29-15-16-29)20-33(52)32-17-28(21-51(32)40(53)31(23(3)4)18-35-47-27(6-2)22-59-35)57-39-37-36(30-9-7-8-10-34(30)58-37)48-38(49-39)24-11-13-26(14-12-24)43(44,45)46/h5,7-14,22-23,25,28-29,31-32H,1,6,15-21H2,2-4H3,(H,50,54)/t25-,28-,31+,32+,42-/m1/s1. The second kappa shape index (κ2) is 15.7. The van der Waals surface area contributed by atoms with Crippen LogP contribution in [-0.2, 0) is 43.4 Å². The summed E-state index contributed by atoms with van der Waals surface area (Å²) in [6, 6.07) is 10.5. The number of halogens is 3. The smallest absolute Gasteiger partial charge is 0.416 e. The minimum Gasteiger partial charge on any atom is -0.470 e. The first kappa shape index (κ1) is 41.6. The van der Waals surface area contributed by atoms with Gasteiger partial charge >= 0.3 is 6.18 Å². The summed E-state index contributed by atoms with van der Waals surface area (Å²) in [5, 5.41) is 2.72. The van der Waals surface area contributed by atoms with Crippen LogP contribution in [0.4, 0.5) is 13.2 Å². The number of nitrogens with one attached hydrogen (secondary N) is 1. The molecule has 1 aliphatic heterocycles. The van der Waals surface area contributed by atoms with Gasteiger partial charge < -0.3 is 14.1 Å². The number of thiazole rings is 1. The lowest BCUT2D eigenvalue weighted by molar-refractivity contribution is -0.143. The number of Topliss-reactive ketones (excluding diaryl/α,β-unsaturated/α-hetero) is 1. The number of sulfonamides is 1. The van der Waals surface area contributed by atoms with Crippen molar-refractivity contribution in [1.82, 2.24) is 24.6 Å². The van der Waals surface area contributed by atoms with Crippen molar-refractivity contribution in [2.75, 3.05) is 6.54 Å². The van der Waals surface area contributed by atoms with Gasteiger partial charge in [-0.3, -0.25) is 19.1 Å². The molecule has 5 aromatic rings. The highest BCUT2D eigenvalue weighted by Gasteiger charge is 2.61. The fourth-order valence-electron chi connectivity index (χ4n) is 8.10. The number of carbonyl (C=O) groups is 3. The monoisotopic (exact) mass is 863 g/mol. The van der Waals surface area contributed by atoms with Gasteiger partial charge in [0.15, 0.2) is 11.6 Å². The van der Waals surface area contributed by atoms with Crippen LogP contribution in [0, 0.1) is 23.2 Å². The van der Waals surface area contributed by atoms with Gasteiger partial charge in [0.2, 0.25) is 27.4 Å². The second-order valence-corrected chi connectivity index (χ2v) is 19.3. The SMILES string of the molecule is C=C[C@@H]1C[C@]1(CC(=O)[C@@H]1C[C@@H](Oc2nc(-c3ccc(C(F)(F)F)cc3)nc3c2oc2ccccc23)CN1C(=O)[C@@H](Cc1nc(CC)cs1)C(C)C)C(=O)NS(=O)(=O)C1CC1. The Morgan fingerprint density at radius 3 is 2.47 bits per heavy atom. The molecule has 0 spiro atoms. The van der Waals surface area contributed by atoms with E-state index in [0.29, 0.717) is 35.7 Å². The number of aryl methyl sites for hydroxylation is 1. The van der Waals surface area contributed by atoms with E-state index in [1.807, 2.05) is 26.2 Å². The largest absolute Gasteiger partial charge is 0.470 e. The number of aromatic nitrogens is 3. The summed E-state index contributed by atoms with van der Waals surface area (Å²) < 4.78 is 81.0. The molecular weight excluding hydrogens is 820 g/mol. The Bertz CT molecular complexity index is 2600. The van der Waals surface area contributed by atoms with E-state index in [-0.39, 0.29) is 60.5 Å². The average Bonchev–Trinajstić information content (AvgIpc) is 4.05. The molecule has 1 saturated heterocycles. The molecule has 316 valence electrons. The van der Waals surface area contributed by atoms with E-state index in [9.17, 15) is 36.0 Å². The summed E-state index contributed by atoms with van der Waals surface area (Å²) in [5.41, 5.74) is 0.0310. The van der Waals surface area contributed by atoms with Gasteiger partial charge in [0.1, 0.15) is 17.2 Å². The first-order valence-electron chi connectivity index (χ1n) is 20.0. The van der Waals surface area contributed by atoms with Crippen LogP contribution in [0.5, 0.6) is 5.88 Å². The number of likely N-dealkylation sites (tertiary alicyclic amines) is 1. The fraction of sp³-hybridized carbons (Fsp3) is 0.442. The van der Waals surface area contributed by atoms with E-state index in [0.717, 1.165) is 29.3 Å². The molecule has 60 heavy (non-hydrogen) atoms. The van der Waals surface area contributed by atoms with Crippen LogP contribution in [0.3, 0.4) is 0 Å². The van der Waals surface area contributed by atoms with Crippen molar-refractivity contribution < 1.29 is 45.1 Å². The maximum atomic E-state index is 14.7. The zero-order chi connectivity index (χ0) is 42.7. The lowest BCUT2D eigenvalue weighted by Gasteiger charge is -2.30. The van der Waals surface area contributed by atoms with Crippen molar-refractivity contribution in [3.8, 4) is 17.3 Å². The number of para-hydroxylation sites is 1. The van der Waals surface area contributed by atoms with Gasteiger partial charge in [-0.05, 0) is 61.8 Å². The van der Waals surface area contributed by atoms with E-state index in [4.69, 9.17) is 14.1 Å². The van der Waals surface area contributed by atoms with Gasteiger partial charge in [0.25, 0.3) is 5.88 Å². The molecule has 12 nitrogen and oxygen atoms in total. The molecule has 2 aromatic carbocycles. The van der Waals surface area contributed by atoms with Crippen LogP contribution in [-0.4, -0.2) is 69.8 Å². The number of furan rings is 1. The lowest BCUT2D eigenvalue weighted by Crippen LogP contribution is -2.47. The van der Waals surface area contributed by atoms with Gasteiger partial charge in [-0.2, -0.15) is 18.2 Å². The third-order valence-corrected chi connectivity index (χ3v) is 14.6. The number of amides is 2. The zero-order valence-corrected chi connectivity index (χ0v) is 34.8. The number of ether oxygens (including phenoxy) is 1. The molecule has 3 aromatic heterocycles. The van der Waals surface area contributed by atoms with Crippen molar-refractivity contribution in [3.05, 3.63) is 82.8 Å². The van der Waals surface area contributed by atoms with Gasteiger partial charge in [0.05, 0.1) is 39.5 Å². The van der Waals surface area contributed by atoms with Crippen molar-refractivity contribution in [1.29, 1.82) is 0 Å². The fourth-order valence-corrected chi connectivity index (χ4v) is 10.4. The molecule has 3 aliphatic rings. The molecule has 1 N–H and O–H groups in total. The van der Waals surface area contributed by atoms with Crippen LogP contribution < -0.4 is 9.46 Å². The highest BCUT2D eigenvalue weighted by atomic mass is 32.2. The Hall–Kier alpha value is -5.16. The van der Waals surface area contributed by atoms with Gasteiger partial charge in [-0.1, -0.05) is 51.1 Å². The summed E-state index contributed by atoms with van der Waals surface area (Å²) >= 11 is 1.47. The summed E-state index contributed by atoms with van der Waals surface area (Å²) in [5.74, 6) is -2.59. The Morgan fingerprint density at radius 2 is 1.83 bits per heavy atom. The third kappa shape index (κ3) is 8.05. The first-order chi connectivity index (χ1) is 28.5. The lowest BCUT2D eigenvalue weighted by atomic mass is 9.89. The zero-order valence-electron chi connectivity index (χ0n) is 33.2. The molecule has 3 fully saturated rings. The Balaban J connectivity index is 1.14. The molecule has 0 radical (unpaired) electrons. The summed E-state index contributed by atoms with van der Waals surface area (Å²) in [6.07, 6.45) is -1.93. The molecule has 8 rings (SSSR count). The molecule has 0 bridgehead atoms. The maximum Gasteiger partial charge on any atom is 0.416 e. The number of rotatable bonds is 15. The summed E-state index contributed by atoms with van der Waals surface area (Å²) in [4.78, 5) is 58.5. The molecule has 2 saturated carbocycles. The highest BCUT2D eigenvalue weighted by Crippen LogP contribution is 2.57. The molecule has 17 heteroatoms. The predicted octanol–water partition coefficient (Wildman–Crippen LogP) is 7.70. The minimum absolute atomic E-state index is 0.00475. The number of ketones is 1. The van der Waals surface area contributed by atoms with E-state index in [1.165, 1.54) is 28.4 Å². The molecule has 4 heterocycles. The molecule has 0 unspecified atom stereocenters. The van der Waals surface area contributed by atoms with Crippen molar-refractivity contribution in [2.24, 2.45) is 23.2 Å². The van der Waals surface area contributed by atoms with Crippen LogP contribution >= 0.6 is 11.3 Å². The Kier molecular flexibility index (Phi) is 10.9. The number of alkyl halides is 3. The number of fused-ring (bicyclic) bond motifs is 3. The predicted molar refractivity (Wildman–Crippen MR) is 218 cm³/mol. The minimum atomic E-state index is -4.55. The van der Waals surface area contributed by atoms with Gasteiger partial charge in [0, 0.05) is 41.5 Å². The summed E-state index contributed by atoms with van der Waals surface area (Å²) in [6.45, 7) is 9.64. The molecule has 2 aliphatic carbocycles. The molecule has 5 atom stereocenters. The maximum absolute atomic E-state index is 14.7. The van der Waals surface area contributed by atoms with Crippen LogP contribution in [0.2, 0.25) is 0 Å². The first-order valence-corrected chi connectivity index (χ1v) is 22.4. The third-order valence-electron chi connectivity index (χ3n) is 11.9. The molecule has 2 amide bonds. The number of carbonyl (C=O) groups excluding carboxylic acids is 3. The van der Waals surface area contributed by atoms with Crippen LogP contribution in [0.1, 0.15) is 69.1 Å².